The van der Waals surface area contributed by atoms with Gasteiger partial charge >= 0.3 is 6.15 Å². The smallest absolute Gasteiger partial charge is 0.373 e. The van der Waals surface area contributed by atoms with E-state index in [2.05, 4.69) is 4.98 Å². The Bertz CT molecular complexity index is 800. The van der Waals surface area contributed by atoms with E-state index in [-0.39, 0.29) is 18.1 Å². The second-order valence-corrected chi connectivity index (χ2v) is 5.91. The van der Waals surface area contributed by atoms with E-state index in [1.54, 1.807) is 6.92 Å². The average Bonchev–Trinajstić information content (AvgIpc) is 3.01. The Kier molecular flexibility index (Phi) is 6.08. The fraction of sp³-hybridized carbons (Fsp3) is 0.389. The number of likely N-dealkylation sites (tertiary alicyclic amines) is 1. The molecule has 2 heterocycles. The molecular weight excluding hydrogens is 322 g/mol. The van der Waals surface area contributed by atoms with Crippen molar-refractivity contribution in [3.8, 4) is 5.75 Å². The van der Waals surface area contributed by atoms with Crippen LogP contribution in [0.15, 0.2) is 24.3 Å². The molecule has 2 aromatic rings. The highest BCUT2D eigenvalue weighted by atomic mass is 16.5. The molecule has 1 aromatic carbocycles. The third-order valence-corrected chi connectivity index (χ3v) is 4.17. The molecule has 1 saturated heterocycles. The molecule has 0 bridgehead atoms. The number of hydrogen-bond donors (Lipinski definition) is 1. The minimum absolute atomic E-state index is 0.112. The van der Waals surface area contributed by atoms with Gasteiger partial charge in [0.15, 0.2) is 0 Å². The van der Waals surface area contributed by atoms with Crippen LogP contribution < -0.4 is 10.5 Å². The summed E-state index contributed by atoms with van der Waals surface area (Å²) < 4.78 is 5.99. The molecule has 0 radical (unpaired) electrons. The highest BCUT2D eigenvalue weighted by Crippen LogP contribution is 2.31. The third kappa shape index (κ3) is 4.33. The molecule has 1 aliphatic rings. The lowest BCUT2D eigenvalue weighted by molar-refractivity contribution is -0.191. The molecule has 2 N–H and O–H groups in total. The summed E-state index contributed by atoms with van der Waals surface area (Å²) in [7, 11) is 0. The SMILES string of the molecule is CC(=O)N1CCC[C@H]1COc1cccc2nc(C)cc(N)c12.O=C=O. The van der Waals surface area contributed by atoms with Crippen LogP contribution in [0.3, 0.4) is 0 Å². The van der Waals surface area contributed by atoms with Gasteiger partial charge in [0.2, 0.25) is 5.91 Å². The summed E-state index contributed by atoms with van der Waals surface area (Å²) in [5.41, 5.74) is 8.53. The van der Waals surface area contributed by atoms with Crippen molar-refractivity contribution >= 4 is 28.6 Å². The first-order chi connectivity index (χ1) is 12.0. The van der Waals surface area contributed by atoms with Gasteiger partial charge in [0, 0.05) is 24.8 Å². The number of benzene rings is 1. The Morgan fingerprint density at radius 1 is 1.44 bits per heavy atom. The van der Waals surface area contributed by atoms with Crippen LogP contribution in [0.1, 0.15) is 25.5 Å². The number of nitrogens with zero attached hydrogens (tertiary/aromatic N) is 2. The summed E-state index contributed by atoms with van der Waals surface area (Å²) in [6.45, 7) is 4.85. The number of aryl methyl sites for hydroxylation is 1. The summed E-state index contributed by atoms with van der Waals surface area (Å²) in [5, 5.41) is 0.848. The summed E-state index contributed by atoms with van der Waals surface area (Å²) in [5.74, 6) is 0.846. The van der Waals surface area contributed by atoms with Crippen LogP contribution in [0.25, 0.3) is 10.9 Å². The molecule has 7 heteroatoms. The molecular formula is C18H21N3O4. The minimum Gasteiger partial charge on any atom is -0.491 e. The molecule has 7 nitrogen and oxygen atoms in total. The lowest BCUT2D eigenvalue weighted by Gasteiger charge is -2.23. The average molecular weight is 343 g/mol. The highest BCUT2D eigenvalue weighted by molar-refractivity contribution is 5.95. The zero-order chi connectivity index (χ0) is 18.4. The predicted molar refractivity (Wildman–Crippen MR) is 91.8 cm³/mol. The molecule has 1 amide bonds. The van der Waals surface area contributed by atoms with Gasteiger partial charge in [-0.25, -0.2) is 0 Å². The number of ether oxygens (including phenoxy) is 1. The van der Waals surface area contributed by atoms with E-state index in [0.717, 1.165) is 41.7 Å². The van der Waals surface area contributed by atoms with Gasteiger partial charge in [-0.1, -0.05) is 6.07 Å². The van der Waals surface area contributed by atoms with Crippen molar-refractivity contribution in [2.24, 2.45) is 0 Å². The largest absolute Gasteiger partial charge is 0.491 e. The molecule has 1 aromatic heterocycles. The number of fused-ring (bicyclic) bond motifs is 1. The first-order valence-electron chi connectivity index (χ1n) is 8.03. The van der Waals surface area contributed by atoms with Gasteiger partial charge in [-0.2, -0.15) is 9.59 Å². The quantitative estimate of drug-likeness (QED) is 0.913. The van der Waals surface area contributed by atoms with E-state index < -0.39 is 0 Å². The number of aromatic nitrogens is 1. The number of carbonyl (C=O) groups is 1. The molecule has 0 aliphatic carbocycles. The number of hydrogen-bond acceptors (Lipinski definition) is 6. The van der Waals surface area contributed by atoms with Gasteiger partial charge in [-0.3, -0.25) is 9.78 Å². The molecule has 0 spiro atoms. The maximum absolute atomic E-state index is 11.6. The number of rotatable bonds is 3. The number of pyridine rings is 1. The maximum Gasteiger partial charge on any atom is 0.373 e. The maximum atomic E-state index is 11.6. The third-order valence-electron chi connectivity index (χ3n) is 4.17. The van der Waals surface area contributed by atoms with Crippen LogP contribution in [-0.4, -0.2) is 41.1 Å². The monoisotopic (exact) mass is 343 g/mol. The number of nitrogens with two attached hydrogens (primary N) is 1. The normalized spacial score (nSPS) is 16.1. The van der Waals surface area contributed by atoms with Crippen LogP contribution in [-0.2, 0) is 14.4 Å². The van der Waals surface area contributed by atoms with Gasteiger partial charge in [-0.15, -0.1) is 0 Å². The van der Waals surface area contributed by atoms with Crippen molar-refractivity contribution < 1.29 is 19.1 Å². The fourth-order valence-electron chi connectivity index (χ4n) is 3.15. The van der Waals surface area contributed by atoms with Gasteiger partial charge in [0.05, 0.1) is 16.9 Å². The summed E-state index contributed by atoms with van der Waals surface area (Å²) in [4.78, 5) is 34.2. The lowest BCUT2D eigenvalue weighted by atomic mass is 10.1. The van der Waals surface area contributed by atoms with Crippen LogP contribution in [0, 0.1) is 6.92 Å². The Labute approximate surface area is 145 Å². The van der Waals surface area contributed by atoms with E-state index in [0.29, 0.717) is 12.3 Å². The number of carbonyl (C=O) groups excluding carboxylic acids is 3. The van der Waals surface area contributed by atoms with Gasteiger partial charge < -0.3 is 15.4 Å². The summed E-state index contributed by atoms with van der Waals surface area (Å²) in [6.07, 6.45) is 2.27. The predicted octanol–water partition coefficient (Wildman–Crippen LogP) is 1.93. The first-order valence-corrected chi connectivity index (χ1v) is 8.03. The highest BCUT2D eigenvalue weighted by Gasteiger charge is 2.27. The molecule has 1 atom stereocenters. The summed E-state index contributed by atoms with van der Waals surface area (Å²) >= 11 is 0. The zero-order valence-electron chi connectivity index (χ0n) is 14.3. The van der Waals surface area contributed by atoms with Crippen molar-refractivity contribution in [3.05, 3.63) is 30.0 Å². The number of amides is 1. The standard InChI is InChI=1S/C17H21N3O2.CO2/c1-11-9-14(18)17-15(19-11)6-3-7-16(17)22-10-13-5-4-8-20(13)12(2)21;2-1-3/h3,6-7,9,13H,4-5,8,10H2,1-2H3,(H2,18,19);/t13-;/m0./s1. The van der Waals surface area contributed by atoms with Crippen LogP contribution in [0.5, 0.6) is 5.75 Å². The van der Waals surface area contributed by atoms with Crippen LogP contribution >= 0.6 is 0 Å². The van der Waals surface area contributed by atoms with Crippen LogP contribution in [0.4, 0.5) is 5.69 Å². The van der Waals surface area contributed by atoms with Gasteiger partial charge in [-0.05, 0) is 38.0 Å². The van der Waals surface area contributed by atoms with E-state index in [4.69, 9.17) is 20.1 Å². The molecule has 1 fully saturated rings. The molecule has 0 saturated carbocycles. The van der Waals surface area contributed by atoms with E-state index in [9.17, 15) is 4.79 Å². The van der Waals surface area contributed by atoms with Crippen molar-refractivity contribution in [3.63, 3.8) is 0 Å². The van der Waals surface area contributed by atoms with Crippen LogP contribution in [0.2, 0.25) is 0 Å². The molecule has 25 heavy (non-hydrogen) atoms. The molecule has 132 valence electrons. The molecule has 3 rings (SSSR count). The molecule has 1 aliphatic heterocycles. The number of nitrogen functional groups attached to an aromatic ring is 1. The lowest BCUT2D eigenvalue weighted by Crippen LogP contribution is -2.37. The van der Waals surface area contributed by atoms with E-state index in [1.807, 2.05) is 36.1 Å². The van der Waals surface area contributed by atoms with Crippen molar-refractivity contribution in [2.45, 2.75) is 32.7 Å². The summed E-state index contributed by atoms with van der Waals surface area (Å²) in [6, 6.07) is 7.76. The Hall–Kier alpha value is -2.92. The second-order valence-electron chi connectivity index (χ2n) is 5.91. The first kappa shape index (κ1) is 18.4. The van der Waals surface area contributed by atoms with Gasteiger partial charge in [0.1, 0.15) is 12.4 Å². The van der Waals surface area contributed by atoms with Crippen molar-refractivity contribution in [1.29, 1.82) is 0 Å². The van der Waals surface area contributed by atoms with E-state index in [1.165, 1.54) is 0 Å². The Morgan fingerprint density at radius 3 is 2.84 bits per heavy atom. The van der Waals surface area contributed by atoms with E-state index >= 15 is 0 Å². The minimum atomic E-state index is 0.112. The molecule has 0 unspecified atom stereocenters. The zero-order valence-corrected chi connectivity index (χ0v) is 14.3. The fourth-order valence-corrected chi connectivity index (χ4v) is 3.15. The Morgan fingerprint density at radius 2 is 2.16 bits per heavy atom. The van der Waals surface area contributed by atoms with Gasteiger partial charge in [0.25, 0.3) is 0 Å². The van der Waals surface area contributed by atoms with Crippen molar-refractivity contribution in [2.75, 3.05) is 18.9 Å². The topological polar surface area (TPSA) is 103 Å². The Balaban J connectivity index is 0.000000701. The number of anilines is 1. The second kappa shape index (κ2) is 8.26. The van der Waals surface area contributed by atoms with Crippen molar-refractivity contribution in [1.82, 2.24) is 9.88 Å².